The van der Waals surface area contributed by atoms with Crippen LogP contribution in [0.4, 0.5) is 4.39 Å². The first-order valence-electron chi connectivity index (χ1n) is 11.0. The number of aromatic amines is 1. The first-order chi connectivity index (χ1) is 15.1. The number of nitrogens with zero attached hydrogens (tertiary/aromatic N) is 2. The van der Waals surface area contributed by atoms with Crippen LogP contribution in [0.1, 0.15) is 47.6 Å². The van der Waals surface area contributed by atoms with Gasteiger partial charge in [-0.2, -0.15) is 0 Å². The van der Waals surface area contributed by atoms with Gasteiger partial charge >= 0.3 is 0 Å². The molecule has 1 fully saturated rings. The van der Waals surface area contributed by atoms with Crippen LogP contribution >= 0.6 is 0 Å². The van der Waals surface area contributed by atoms with Gasteiger partial charge in [-0.3, -0.25) is 4.79 Å². The molecule has 1 aromatic heterocycles. The van der Waals surface area contributed by atoms with E-state index >= 15 is 0 Å². The van der Waals surface area contributed by atoms with Gasteiger partial charge in [-0.25, -0.2) is 9.37 Å². The van der Waals surface area contributed by atoms with Crippen LogP contribution < -0.4 is 5.32 Å². The van der Waals surface area contributed by atoms with Crippen molar-refractivity contribution in [1.29, 1.82) is 0 Å². The lowest BCUT2D eigenvalue weighted by Crippen LogP contribution is -2.52. The maximum absolute atomic E-state index is 13.5. The van der Waals surface area contributed by atoms with Gasteiger partial charge in [-0.05, 0) is 61.6 Å². The zero-order chi connectivity index (χ0) is 21.4. The van der Waals surface area contributed by atoms with Crippen molar-refractivity contribution in [2.45, 2.75) is 44.3 Å². The number of halogens is 1. The van der Waals surface area contributed by atoms with Crippen molar-refractivity contribution in [2.75, 3.05) is 19.8 Å². The number of para-hydroxylation sites is 2. The highest BCUT2D eigenvalue weighted by molar-refractivity contribution is 5.94. The Morgan fingerprint density at radius 2 is 2.16 bits per heavy atom. The SMILES string of the molecule is CCN(C(=O)c1nc2ccccc2[nH]1)[C@H]1COC[C@@H](N[C@@H]2CCc3cc(F)ccc32)C1. The molecule has 1 aliphatic heterocycles. The number of amides is 1. The van der Waals surface area contributed by atoms with E-state index in [9.17, 15) is 9.18 Å². The summed E-state index contributed by atoms with van der Waals surface area (Å²) in [5, 5.41) is 3.69. The van der Waals surface area contributed by atoms with Gasteiger partial charge < -0.3 is 19.9 Å². The summed E-state index contributed by atoms with van der Waals surface area (Å²) < 4.78 is 19.4. The molecule has 1 aliphatic carbocycles. The van der Waals surface area contributed by atoms with Crippen LogP contribution in [-0.4, -0.2) is 52.6 Å². The number of carbonyl (C=O) groups excluding carboxylic acids is 1. The number of aryl methyl sites for hydroxylation is 1. The second kappa shape index (κ2) is 8.40. The molecule has 0 spiro atoms. The number of H-pyrrole nitrogens is 1. The summed E-state index contributed by atoms with van der Waals surface area (Å²) in [5.41, 5.74) is 3.91. The summed E-state index contributed by atoms with van der Waals surface area (Å²) in [6, 6.07) is 13.0. The molecule has 1 saturated heterocycles. The highest BCUT2D eigenvalue weighted by Gasteiger charge is 2.33. The smallest absolute Gasteiger partial charge is 0.289 e. The first kappa shape index (κ1) is 20.2. The molecule has 0 bridgehead atoms. The Labute approximate surface area is 180 Å². The number of imidazole rings is 1. The Bertz CT molecular complexity index is 1070. The quantitative estimate of drug-likeness (QED) is 0.659. The maximum Gasteiger partial charge on any atom is 0.289 e. The fourth-order valence-electron chi connectivity index (χ4n) is 4.95. The predicted octanol–water partition coefficient (Wildman–Crippen LogP) is 3.60. The van der Waals surface area contributed by atoms with E-state index in [-0.39, 0.29) is 29.8 Å². The molecule has 162 valence electrons. The lowest BCUT2D eigenvalue weighted by atomic mass is 10.0. The number of ether oxygens (including phenoxy) is 1. The van der Waals surface area contributed by atoms with E-state index < -0.39 is 0 Å². The average Bonchev–Trinajstić information content (AvgIpc) is 3.38. The van der Waals surface area contributed by atoms with Crippen molar-refractivity contribution in [1.82, 2.24) is 20.2 Å². The van der Waals surface area contributed by atoms with Crippen LogP contribution in [0.2, 0.25) is 0 Å². The molecule has 2 N–H and O–H groups in total. The van der Waals surface area contributed by atoms with E-state index in [1.165, 1.54) is 11.6 Å². The third-order valence-corrected chi connectivity index (χ3v) is 6.44. The van der Waals surface area contributed by atoms with Crippen LogP contribution in [0.15, 0.2) is 42.5 Å². The molecule has 0 radical (unpaired) electrons. The molecule has 3 aromatic rings. The number of likely N-dealkylation sites (N-methyl/N-ethyl adjacent to an activating group) is 1. The van der Waals surface area contributed by atoms with Crippen LogP contribution in [0.3, 0.4) is 0 Å². The number of fused-ring (bicyclic) bond motifs is 2. The van der Waals surface area contributed by atoms with Gasteiger partial charge in [0.1, 0.15) is 5.82 Å². The molecule has 2 heterocycles. The minimum atomic E-state index is -0.178. The maximum atomic E-state index is 13.5. The van der Waals surface area contributed by atoms with Gasteiger partial charge in [0.25, 0.3) is 5.91 Å². The van der Waals surface area contributed by atoms with E-state index in [0.717, 1.165) is 35.9 Å². The molecule has 3 atom stereocenters. The molecule has 2 aromatic carbocycles. The zero-order valence-corrected chi connectivity index (χ0v) is 17.6. The third kappa shape index (κ3) is 3.95. The van der Waals surface area contributed by atoms with Crippen molar-refractivity contribution < 1.29 is 13.9 Å². The Morgan fingerprint density at radius 3 is 3.00 bits per heavy atom. The normalized spacial score (nSPS) is 23.1. The minimum Gasteiger partial charge on any atom is -0.378 e. The summed E-state index contributed by atoms with van der Waals surface area (Å²) in [6.45, 7) is 3.70. The highest BCUT2D eigenvalue weighted by atomic mass is 19.1. The highest BCUT2D eigenvalue weighted by Crippen LogP contribution is 2.32. The largest absolute Gasteiger partial charge is 0.378 e. The number of hydrogen-bond acceptors (Lipinski definition) is 4. The summed E-state index contributed by atoms with van der Waals surface area (Å²) in [7, 11) is 0. The lowest BCUT2D eigenvalue weighted by Gasteiger charge is -2.37. The summed E-state index contributed by atoms with van der Waals surface area (Å²) in [4.78, 5) is 22.7. The Morgan fingerprint density at radius 1 is 1.29 bits per heavy atom. The molecule has 6 nitrogen and oxygen atoms in total. The Balaban J connectivity index is 1.28. The molecule has 2 aliphatic rings. The number of nitrogens with one attached hydrogen (secondary N) is 2. The molecule has 1 amide bonds. The lowest BCUT2D eigenvalue weighted by molar-refractivity contribution is 0.000714. The summed E-state index contributed by atoms with van der Waals surface area (Å²) in [6.07, 6.45) is 2.65. The van der Waals surface area contributed by atoms with Crippen molar-refractivity contribution in [2.24, 2.45) is 0 Å². The second-order valence-corrected chi connectivity index (χ2v) is 8.42. The molecule has 7 heteroatoms. The van der Waals surface area contributed by atoms with Crippen molar-refractivity contribution in [3.05, 3.63) is 65.2 Å². The standard InChI is InChI=1S/C24H27FN4O2/c1-2-29(24(30)23-27-21-5-3-4-6-22(21)28-23)18-12-17(13-31-14-18)26-20-10-7-15-11-16(25)8-9-19(15)20/h3-6,8-9,11,17-18,20,26H,2,7,10,12-14H2,1H3,(H,27,28)/t17-,18+,20+/m0/s1. The number of hydrogen-bond donors (Lipinski definition) is 2. The second-order valence-electron chi connectivity index (χ2n) is 8.42. The molecule has 0 saturated carbocycles. The molecule has 0 unspecified atom stereocenters. The topological polar surface area (TPSA) is 70.2 Å². The minimum absolute atomic E-state index is 0.0222. The Hall–Kier alpha value is -2.77. The van der Waals surface area contributed by atoms with Gasteiger partial charge in [-0.15, -0.1) is 0 Å². The fourth-order valence-corrected chi connectivity index (χ4v) is 4.95. The van der Waals surface area contributed by atoms with Gasteiger partial charge in [-0.1, -0.05) is 18.2 Å². The number of aromatic nitrogens is 2. The van der Waals surface area contributed by atoms with Gasteiger partial charge in [0, 0.05) is 18.6 Å². The molecular formula is C24H27FN4O2. The number of benzene rings is 2. The fraction of sp³-hybridized carbons (Fsp3) is 0.417. The van der Waals surface area contributed by atoms with Gasteiger partial charge in [0.05, 0.1) is 30.3 Å². The van der Waals surface area contributed by atoms with Crippen LogP contribution in [-0.2, 0) is 11.2 Å². The van der Waals surface area contributed by atoms with Crippen LogP contribution in [0, 0.1) is 5.82 Å². The summed E-state index contributed by atoms with van der Waals surface area (Å²) >= 11 is 0. The van der Waals surface area contributed by atoms with Crippen LogP contribution in [0.25, 0.3) is 11.0 Å². The summed E-state index contributed by atoms with van der Waals surface area (Å²) in [5.74, 6) is 0.0858. The van der Waals surface area contributed by atoms with E-state index in [0.29, 0.717) is 25.6 Å². The number of carbonyl (C=O) groups is 1. The van der Waals surface area contributed by atoms with Gasteiger partial charge in [0.15, 0.2) is 5.82 Å². The third-order valence-electron chi connectivity index (χ3n) is 6.44. The monoisotopic (exact) mass is 422 g/mol. The number of rotatable bonds is 5. The average molecular weight is 423 g/mol. The van der Waals surface area contributed by atoms with Crippen molar-refractivity contribution in [3.63, 3.8) is 0 Å². The van der Waals surface area contributed by atoms with Crippen molar-refractivity contribution in [3.8, 4) is 0 Å². The van der Waals surface area contributed by atoms with Crippen LogP contribution in [0.5, 0.6) is 0 Å². The molecular weight excluding hydrogens is 395 g/mol. The van der Waals surface area contributed by atoms with Crippen molar-refractivity contribution >= 4 is 16.9 Å². The first-order valence-corrected chi connectivity index (χ1v) is 11.0. The predicted molar refractivity (Wildman–Crippen MR) is 116 cm³/mol. The van der Waals surface area contributed by atoms with E-state index in [1.54, 1.807) is 6.07 Å². The zero-order valence-electron chi connectivity index (χ0n) is 17.6. The molecule has 31 heavy (non-hydrogen) atoms. The van der Waals surface area contributed by atoms with E-state index in [1.807, 2.05) is 42.2 Å². The molecule has 5 rings (SSSR count). The Kier molecular flexibility index (Phi) is 5.46. The van der Waals surface area contributed by atoms with E-state index in [2.05, 4.69) is 15.3 Å². The van der Waals surface area contributed by atoms with E-state index in [4.69, 9.17) is 4.74 Å². The van der Waals surface area contributed by atoms with Gasteiger partial charge in [0.2, 0.25) is 0 Å².